The predicted octanol–water partition coefficient (Wildman–Crippen LogP) is 1.27. The maximum atomic E-state index is 11.7. The van der Waals surface area contributed by atoms with Gasteiger partial charge in [0.25, 0.3) is 5.91 Å². The predicted molar refractivity (Wildman–Crippen MR) is 53.2 cm³/mol. The molecule has 1 aromatic rings. The fraction of sp³-hybridized carbons (Fsp3) is 0.400. The number of hydrogen-bond acceptors (Lipinski definition) is 3. The first-order chi connectivity index (χ1) is 6.70. The Morgan fingerprint density at radius 2 is 2.14 bits per heavy atom. The minimum absolute atomic E-state index is 0.0654. The minimum Gasteiger partial charge on any atom is -0.505 e. The summed E-state index contributed by atoms with van der Waals surface area (Å²) in [5.41, 5.74) is 0.121. The number of carbonyl (C=O) groups is 1. The molecule has 0 saturated carbocycles. The van der Waals surface area contributed by atoms with Crippen LogP contribution in [-0.2, 0) is 0 Å². The Morgan fingerprint density at radius 3 is 2.64 bits per heavy atom. The smallest absolute Gasteiger partial charge is 0.276 e. The molecule has 0 bridgehead atoms. The third-order valence-corrected chi connectivity index (χ3v) is 2.04. The number of hydrogen-bond donors (Lipinski definition) is 1. The van der Waals surface area contributed by atoms with Crippen molar-refractivity contribution in [1.29, 1.82) is 0 Å². The average molecular weight is 194 g/mol. The van der Waals surface area contributed by atoms with E-state index in [2.05, 4.69) is 4.98 Å². The molecule has 0 aliphatic carbocycles. The maximum Gasteiger partial charge on any atom is 0.276 e. The molecule has 4 nitrogen and oxygen atoms in total. The molecule has 1 aromatic heterocycles. The summed E-state index contributed by atoms with van der Waals surface area (Å²) in [6.07, 6.45) is 1.50. The Balaban J connectivity index is 2.94. The molecule has 0 fully saturated rings. The number of carbonyl (C=O) groups excluding carboxylic acids is 1. The van der Waals surface area contributed by atoms with Gasteiger partial charge in [-0.1, -0.05) is 0 Å². The fourth-order valence-electron chi connectivity index (χ4n) is 1.22. The highest BCUT2D eigenvalue weighted by molar-refractivity contribution is 5.94. The monoisotopic (exact) mass is 194 g/mol. The summed E-state index contributed by atoms with van der Waals surface area (Å²) in [5.74, 6) is -0.294. The lowest BCUT2D eigenvalue weighted by atomic mass is 10.3. The quantitative estimate of drug-likeness (QED) is 0.788. The van der Waals surface area contributed by atoms with E-state index in [-0.39, 0.29) is 17.4 Å². The van der Waals surface area contributed by atoms with Crippen LogP contribution in [0.2, 0.25) is 0 Å². The van der Waals surface area contributed by atoms with Crippen molar-refractivity contribution in [3.05, 3.63) is 24.0 Å². The van der Waals surface area contributed by atoms with E-state index < -0.39 is 0 Å². The van der Waals surface area contributed by atoms with Gasteiger partial charge in [-0.3, -0.25) is 4.79 Å². The molecule has 0 unspecified atom stereocenters. The van der Waals surface area contributed by atoms with Crippen molar-refractivity contribution >= 4 is 5.91 Å². The molecule has 0 aromatic carbocycles. The number of rotatable bonds is 3. The Morgan fingerprint density at radius 1 is 1.50 bits per heavy atom. The van der Waals surface area contributed by atoms with Crippen molar-refractivity contribution in [2.24, 2.45) is 0 Å². The summed E-state index contributed by atoms with van der Waals surface area (Å²) in [4.78, 5) is 17.2. The van der Waals surface area contributed by atoms with Crippen LogP contribution in [0.25, 0.3) is 0 Å². The lowest BCUT2D eigenvalue weighted by molar-refractivity contribution is 0.0764. The second-order valence-electron chi connectivity index (χ2n) is 2.85. The summed E-state index contributed by atoms with van der Waals surface area (Å²) in [6, 6.07) is 3.05. The molecule has 1 amide bonds. The van der Waals surface area contributed by atoms with Crippen LogP contribution in [0.3, 0.4) is 0 Å². The Kier molecular flexibility index (Phi) is 3.45. The SMILES string of the molecule is CCN(CC)C(=O)c1ncccc1O. The molecule has 1 heterocycles. The van der Waals surface area contributed by atoms with Gasteiger partial charge in [-0.2, -0.15) is 0 Å². The summed E-state index contributed by atoms with van der Waals surface area (Å²) in [7, 11) is 0. The molecule has 14 heavy (non-hydrogen) atoms. The maximum absolute atomic E-state index is 11.7. The molecular weight excluding hydrogens is 180 g/mol. The van der Waals surface area contributed by atoms with Gasteiger partial charge in [0.15, 0.2) is 5.69 Å². The molecule has 4 heteroatoms. The van der Waals surface area contributed by atoms with Crippen LogP contribution in [0.5, 0.6) is 5.75 Å². The second kappa shape index (κ2) is 4.60. The van der Waals surface area contributed by atoms with E-state index in [4.69, 9.17) is 0 Å². The van der Waals surface area contributed by atoms with Gasteiger partial charge in [0, 0.05) is 19.3 Å². The van der Waals surface area contributed by atoms with Crippen molar-refractivity contribution in [3.63, 3.8) is 0 Å². The van der Waals surface area contributed by atoms with Crippen LogP contribution in [0.15, 0.2) is 18.3 Å². The molecule has 76 valence electrons. The van der Waals surface area contributed by atoms with Gasteiger partial charge in [0.2, 0.25) is 0 Å². The number of pyridine rings is 1. The third kappa shape index (κ3) is 2.02. The summed E-state index contributed by atoms with van der Waals surface area (Å²) >= 11 is 0. The van der Waals surface area contributed by atoms with Crippen LogP contribution in [0.1, 0.15) is 24.3 Å². The number of aromatic nitrogens is 1. The minimum atomic E-state index is -0.229. The van der Waals surface area contributed by atoms with E-state index in [1.54, 1.807) is 11.0 Å². The Labute approximate surface area is 83.2 Å². The molecule has 0 aliphatic heterocycles. The van der Waals surface area contributed by atoms with Gasteiger partial charge in [-0.15, -0.1) is 0 Å². The van der Waals surface area contributed by atoms with Crippen LogP contribution in [0, 0.1) is 0 Å². The molecule has 0 saturated heterocycles. The van der Waals surface area contributed by atoms with Gasteiger partial charge in [0.05, 0.1) is 0 Å². The van der Waals surface area contributed by atoms with E-state index in [1.807, 2.05) is 13.8 Å². The second-order valence-corrected chi connectivity index (χ2v) is 2.85. The first kappa shape index (κ1) is 10.5. The zero-order valence-electron chi connectivity index (χ0n) is 8.40. The number of nitrogens with zero attached hydrogens (tertiary/aromatic N) is 2. The first-order valence-electron chi connectivity index (χ1n) is 4.64. The van der Waals surface area contributed by atoms with Crippen LogP contribution < -0.4 is 0 Å². The molecular formula is C10H14N2O2. The molecule has 1 N–H and O–H groups in total. The van der Waals surface area contributed by atoms with Crippen molar-refractivity contribution in [2.45, 2.75) is 13.8 Å². The van der Waals surface area contributed by atoms with Crippen molar-refractivity contribution < 1.29 is 9.90 Å². The highest BCUT2D eigenvalue weighted by atomic mass is 16.3. The topological polar surface area (TPSA) is 53.4 Å². The third-order valence-electron chi connectivity index (χ3n) is 2.04. The standard InChI is InChI=1S/C10H14N2O2/c1-3-12(4-2)10(14)9-8(13)6-5-7-11-9/h5-7,13H,3-4H2,1-2H3. The fourth-order valence-corrected chi connectivity index (χ4v) is 1.22. The van der Waals surface area contributed by atoms with E-state index in [0.29, 0.717) is 13.1 Å². The van der Waals surface area contributed by atoms with Crippen LogP contribution in [0.4, 0.5) is 0 Å². The van der Waals surface area contributed by atoms with Crippen molar-refractivity contribution in [3.8, 4) is 5.75 Å². The Bertz CT molecular complexity index is 322. The zero-order valence-corrected chi connectivity index (χ0v) is 8.40. The molecule has 0 atom stereocenters. The van der Waals surface area contributed by atoms with Gasteiger partial charge >= 0.3 is 0 Å². The Hall–Kier alpha value is -1.58. The first-order valence-corrected chi connectivity index (χ1v) is 4.64. The number of aromatic hydroxyl groups is 1. The van der Waals surface area contributed by atoms with Gasteiger partial charge in [-0.05, 0) is 26.0 Å². The van der Waals surface area contributed by atoms with Crippen LogP contribution >= 0.6 is 0 Å². The van der Waals surface area contributed by atoms with E-state index in [1.165, 1.54) is 12.3 Å². The normalized spacial score (nSPS) is 9.86. The lowest BCUT2D eigenvalue weighted by Gasteiger charge is -2.18. The zero-order chi connectivity index (χ0) is 10.6. The molecule has 0 spiro atoms. The van der Waals surface area contributed by atoms with E-state index in [0.717, 1.165) is 0 Å². The van der Waals surface area contributed by atoms with E-state index >= 15 is 0 Å². The lowest BCUT2D eigenvalue weighted by Crippen LogP contribution is -2.31. The van der Waals surface area contributed by atoms with Gasteiger partial charge in [-0.25, -0.2) is 4.98 Å². The summed E-state index contributed by atoms with van der Waals surface area (Å²) in [6.45, 7) is 5.01. The van der Waals surface area contributed by atoms with Crippen molar-refractivity contribution in [1.82, 2.24) is 9.88 Å². The van der Waals surface area contributed by atoms with Gasteiger partial charge < -0.3 is 10.0 Å². The highest BCUT2D eigenvalue weighted by Crippen LogP contribution is 2.14. The average Bonchev–Trinajstić information content (AvgIpc) is 2.20. The van der Waals surface area contributed by atoms with Crippen molar-refractivity contribution in [2.75, 3.05) is 13.1 Å². The number of amides is 1. The summed E-state index contributed by atoms with van der Waals surface area (Å²) < 4.78 is 0. The molecule has 0 radical (unpaired) electrons. The molecule has 0 aliphatic rings. The largest absolute Gasteiger partial charge is 0.505 e. The van der Waals surface area contributed by atoms with E-state index in [9.17, 15) is 9.90 Å². The van der Waals surface area contributed by atoms with Crippen LogP contribution in [-0.4, -0.2) is 34.0 Å². The van der Waals surface area contributed by atoms with Gasteiger partial charge in [0.1, 0.15) is 5.75 Å². The highest BCUT2D eigenvalue weighted by Gasteiger charge is 2.16. The summed E-state index contributed by atoms with van der Waals surface area (Å²) in [5, 5.41) is 9.41. The molecule has 1 rings (SSSR count).